The molecule has 3 aromatic rings. The molecular formula is C29H32N2O4. The van der Waals surface area contributed by atoms with Crippen LogP contribution in [0.5, 0.6) is 5.75 Å². The lowest BCUT2D eigenvalue weighted by molar-refractivity contribution is -0.128. The van der Waals surface area contributed by atoms with Crippen LogP contribution in [0.1, 0.15) is 54.4 Å². The number of rotatable bonds is 7. The van der Waals surface area contributed by atoms with Crippen LogP contribution >= 0.6 is 0 Å². The monoisotopic (exact) mass is 472 g/mol. The summed E-state index contributed by atoms with van der Waals surface area (Å²) in [4.78, 5) is 29.3. The van der Waals surface area contributed by atoms with E-state index in [0.29, 0.717) is 48.9 Å². The van der Waals surface area contributed by atoms with Gasteiger partial charge in [0.25, 0.3) is 5.91 Å². The van der Waals surface area contributed by atoms with Gasteiger partial charge in [-0.3, -0.25) is 9.59 Å². The summed E-state index contributed by atoms with van der Waals surface area (Å²) < 4.78 is 11.5. The van der Waals surface area contributed by atoms with Crippen LogP contribution in [0.4, 0.5) is 0 Å². The summed E-state index contributed by atoms with van der Waals surface area (Å²) in [5, 5.41) is 1.14. The van der Waals surface area contributed by atoms with Gasteiger partial charge < -0.3 is 19.0 Å². The highest BCUT2D eigenvalue weighted by atomic mass is 16.5. The SMILES string of the molecule is O=C1CCCN1CCOc1cccc(C(=O)N2C3CCC2CC(Cc2ccc4ccoc4c2)C3)c1. The van der Waals surface area contributed by atoms with Crippen LogP contribution in [0.3, 0.4) is 0 Å². The number of benzene rings is 2. The van der Waals surface area contributed by atoms with Gasteiger partial charge in [0.05, 0.1) is 12.8 Å². The summed E-state index contributed by atoms with van der Waals surface area (Å²) in [5.74, 6) is 1.61. The highest BCUT2D eigenvalue weighted by Crippen LogP contribution is 2.41. The number of piperidine rings is 1. The molecule has 2 atom stereocenters. The standard InChI is InChI=1S/C29H32N2O4/c32-28-5-2-11-30(28)12-14-34-26-4-1-3-23(19-26)29(33)31-24-8-9-25(31)17-21(16-24)15-20-6-7-22-10-13-35-27(22)18-20/h1,3-4,6-7,10,13,18-19,21,24-25H,2,5,8-9,11-12,14-17H2. The Hall–Kier alpha value is -3.28. The summed E-state index contributed by atoms with van der Waals surface area (Å²) in [6, 6.07) is 16.7. The maximum atomic E-state index is 13.5. The molecule has 2 aromatic carbocycles. The van der Waals surface area contributed by atoms with E-state index in [-0.39, 0.29) is 11.8 Å². The van der Waals surface area contributed by atoms with Crippen molar-refractivity contribution in [2.24, 2.45) is 5.92 Å². The average Bonchev–Trinajstić information content (AvgIpc) is 3.56. The second-order valence-electron chi connectivity index (χ2n) is 10.3. The Kier molecular flexibility index (Phi) is 5.96. The molecule has 4 heterocycles. The van der Waals surface area contributed by atoms with Gasteiger partial charge in [0.1, 0.15) is 17.9 Å². The second kappa shape index (κ2) is 9.40. The van der Waals surface area contributed by atoms with E-state index in [0.717, 1.165) is 56.0 Å². The Morgan fingerprint density at radius 1 is 1.06 bits per heavy atom. The number of hydrogen-bond donors (Lipinski definition) is 0. The van der Waals surface area contributed by atoms with Crippen molar-refractivity contribution < 1.29 is 18.7 Å². The van der Waals surface area contributed by atoms with Gasteiger partial charge in [-0.25, -0.2) is 0 Å². The fourth-order valence-corrected chi connectivity index (χ4v) is 6.33. The average molecular weight is 473 g/mol. The number of amides is 2. The minimum Gasteiger partial charge on any atom is -0.492 e. The van der Waals surface area contributed by atoms with Crippen molar-refractivity contribution in [3.8, 4) is 5.75 Å². The van der Waals surface area contributed by atoms with Crippen molar-refractivity contribution in [2.75, 3.05) is 19.7 Å². The van der Waals surface area contributed by atoms with Gasteiger partial charge in [0.2, 0.25) is 5.91 Å². The molecule has 6 nitrogen and oxygen atoms in total. The van der Waals surface area contributed by atoms with Gasteiger partial charge >= 0.3 is 0 Å². The van der Waals surface area contributed by atoms with Gasteiger partial charge in [0, 0.05) is 36.0 Å². The molecule has 2 unspecified atom stereocenters. The maximum absolute atomic E-state index is 13.5. The molecule has 6 heteroatoms. The first-order valence-corrected chi connectivity index (χ1v) is 12.9. The van der Waals surface area contributed by atoms with E-state index < -0.39 is 0 Å². The number of nitrogens with zero attached hydrogens (tertiary/aromatic N) is 2. The van der Waals surface area contributed by atoms with Crippen molar-refractivity contribution in [2.45, 2.75) is 57.0 Å². The van der Waals surface area contributed by atoms with E-state index in [9.17, 15) is 9.59 Å². The molecule has 3 fully saturated rings. The van der Waals surface area contributed by atoms with Crippen molar-refractivity contribution in [1.82, 2.24) is 9.80 Å². The van der Waals surface area contributed by atoms with Crippen molar-refractivity contribution >= 4 is 22.8 Å². The number of ether oxygens (including phenoxy) is 1. The Bertz CT molecular complexity index is 1220. The fraction of sp³-hybridized carbons (Fsp3) is 0.448. The Morgan fingerprint density at radius 2 is 1.91 bits per heavy atom. The van der Waals surface area contributed by atoms with Crippen molar-refractivity contribution in [1.29, 1.82) is 0 Å². The van der Waals surface area contributed by atoms with Crippen molar-refractivity contribution in [3.05, 3.63) is 65.9 Å². The zero-order valence-corrected chi connectivity index (χ0v) is 20.0. The molecule has 0 N–H and O–H groups in total. The smallest absolute Gasteiger partial charge is 0.254 e. The van der Waals surface area contributed by atoms with Gasteiger partial charge in [-0.05, 0) is 80.3 Å². The number of hydrogen-bond acceptors (Lipinski definition) is 4. The van der Waals surface area contributed by atoms with E-state index in [4.69, 9.17) is 9.15 Å². The molecule has 1 aromatic heterocycles. The van der Waals surface area contributed by atoms with Crippen LogP contribution in [-0.2, 0) is 11.2 Å². The van der Waals surface area contributed by atoms with Crippen LogP contribution in [0.2, 0.25) is 0 Å². The molecule has 0 aliphatic carbocycles. The van der Waals surface area contributed by atoms with Gasteiger partial charge in [-0.1, -0.05) is 18.2 Å². The van der Waals surface area contributed by atoms with Gasteiger partial charge in [0.15, 0.2) is 0 Å². The van der Waals surface area contributed by atoms with E-state index in [1.807, 2.05) is 35.2 Å². The third kappa shape index (κ3) is 4.54. The molecule has 2 amide bonds. The van der Waals surface area contributed by atoms with E-state index in [2.05, 4.69) is 23.1 Å². The molecule has 0 saturated carbocycles. The number of fused-ring (bicyclic) bond motifs is 3. The summed E-state index contributed by atoms with van der Waals surface area (Å²) in [6.45, 7) is 1.86. The second-order valence-corrected chi connectivity index (χ2v) is 10.3. The molecule has 2 bridgehead atoms. The number of carbonyl (C=O) groups excluding carboxylic acids is 2. The Labute approximate surface area is 205 Å². The lowest BCUT2D eigenvalue weighted by Crippen LogP contribution is -2.46. The quantitative estimate of drug-likeness (QED) is 0.482. The summed E-state index contributed by atoms with van der Waals surface area (Å²) >= 11 is 0. The van der Waals surface area contributed by atoms with Crippen LogP contribution < -0.4 is 4.74 Å². The molecule has 3 saturated heterocycles. The molecule has 182 valence electrons. The first-order valence-electron chi connectivity index (χ1n) is 12.9. The maximum Gasteiger partial charge on any atom is 0.254 e. The molecule has 6 rings (SSSR count). The highest BCUT2D eigenvalue weighted by molar-refractivity contribution is 5.95. The summed E-state index contributed by atoms with van der Waals surface area (Å²) in [6.07, 6.45) is 8.64. The third-order valence-corrected chi connectivity index (χ3v) is 7.99. The minimum absolute atomic E-state index is 0.119. The van der Waals surface area contributed by atoms with Crippen LogP contribution in [0.25, 0.3) is 11.0 Å². The third-order valence-electron chi connectivity index (χ3n) is 7.99. The first kappa shape index (κ1) is 22.2. The Balaban J connectivity index is 1.08. The van der Waals surface area contributed by atoms with Crippen LogP contribution in [0.15, 0.2) is 59.2 Å². The van der Waals surface area contributed by atoms with Gasteiger partial charge in [-0.2, -0.15) is 0 Å². The van der Waals surface area contributed by atoms with E-state index in [1.54, 1.807) is 6.26 Å². The molecule has 3 aliphatic heterocycles. The summed E-state index contributed by atoms with van der Waals surface area (Å²) in [7, 11) is 0. The lowest BCUT2D eigenvalue weighted by Gasteiger charge is -2.39. The topological polar surface area (TPSA) is 63.0 Å². The summed E-state index contributed by atoms with van der Waals surface area (Å²) in [5.41, 5.74) is 2.96. The van der Waals surface area contributed by atoms with Crippen molar-refractivity contribution in [3.63, 3.8) is 0 Å². The normalized spacial score (nSPS) is 23.9. The molecule has 0 radical (unpaired) electrons. The fourth-order valence-electron chi connectivity index (χ4n) is 6.33. The first-order chi connectivity index (χ1) is 17.1. The predicted octanol–water partition coefficient (Wildman–Crippen LogP) is 5.06. The number of likely N-dealkylation sites (tertiary alicyclic amines) is 1. The number of furan rings is 1. The Morgan fingerprint density at radius 3 is 2.71 bits per heavy atom. The number of carbonyl (C=O) groups is 2. The lowest BCUT2D eigenvalue weighted by atomic mass is 9.85. The minimum atomic E-state index is 0.119. The van der Waals surface area contributed by atoms with E-state index in [1.165, 1.54) is 5.56 Å². The molecule has 0 spiro atoms. The molecule has 3 aliphatic rings. The highest BCUT2D eigenvalue weighted by Gasteiger charge is 2.43. The van der Waals surface area contributed by atoms with Crippen LogP contribution in [0, 0.1) is 5.92 Å². The van der Waals surface area contributed by atoms with E-state index >= 15 is 0 Å². The largest absolute Gasteiger partial charge is 0.492 e. The molecule has 35 heavy (non-hydrogen) atoms. The van der Waals surface area contributed by atoms with Gasteiger partial charge in [-0.15, -0.1) is 0 Å². The predicted molar refractivity (Wildman–Crippen MR) is 133 cm³/mol. The zero-order chi connectivity index (χ0) is 23.8. The van der Waals surface area contributed by atoms with Crippen LogP contribution in [-0.4, -0.2) is 53.4 Å². The zero-order valence-electron chi connectivity index (χ0n) is 20.0. The molecular weight excluding hydrogens is 440 g/mol.